The lowest BCUT2D eigenvalue weighted by Crippen LogP contribution is -2.16. The summed E-state index contributed by atoms with van der Waals surface area (Å²) in [5.41, 5.74) is 4.26. The molecule has 0 atom stereocenters. The van der Waals surface area contributed by atoms with Crippen LogP contribution in [0, 0.1) is 0 Å². The van der Waals surface area contributed by atoms with Gasteiger partial charge >= 0.3 is 0 Å². The van der Waals surface area contributed by atoms with E-state index in [9.17, 15) is 0 Å². The topological polar surface area (TPSA) is 34.1 Å². The third kappa shape index (κ3) is 3.84. The van der Waals surface area contributed by atoms with E-state index in [0.29, 0.717) is 0 Å². The Bertz CT molecular complexity index is 442. The largest absolute Gasteiger partial charge is 0.497 e. The Morgan fingerprint density at radius 1 is 1.41 bits per heavy atom. The molecule has 2 rings (SSSR count). The van der Waals surface area contributed by atoms with E-state index in [-0.39, 0.29) is 0 Å². The summed E-state index contributed by atoms with van der Waals surface area (Å²) in [6.07, 6.45) is 1.00. The molecule has 17 heavy (non-hydrogen) atoms. The molecule has 0 unspecified atom stereocenters. The van der Waals surface area contributed by atoms with Gasteiger partial charge in [0.1, 0.15) is 5.75 Å². The predicted molar refractivity (Wildman–Crippen MR) is 70.5 cm³/mol. The van der Waals surface area contributed by atoms with Crippen molar-refractivity contribution in [3.63, 3.8) is 0 Å². The SMILES string of the molecule is COc1cccc(CCNCc2cscn2)c1. The van der Waals surface area contributed by atoms with Crippen LogP contribution in [0.15, 0.2) is 35.2 Å². The van der Waals surface area contributed by atoms with Gasteiger partial charge in [0.2, 0.25) is 0 Å². The van der Waals surface area contributed by atoms with E-state index in [2.05, 4.69) is 27.8 Å². The van der Waals surface area contributed by atoms with Crippen LogP contribution < -0.4 is 10.1 Å². The van der Waals surface area contributed by atoms with Crippen molar-refractivity contribution in [1.29, 1.82) is 0 Å². The Kier molecular flexibility index (Phi) is 4.53. The number of hydrogen-bond acceptors (Lipinski definition) is 4. The number of methoxy groups -OCH3 is 1. The van der Waals surface area contributed by atoms with Gasteiger partial charge in [0.05, 0.1) is 18.3 Å². The molecule has 0 aliphatic rings. The molecule has 1 aromatic carbocycles. The fraction of sp³-hybridized carbons (Fsp3) is 0.308. The van der Waals surface area contributed by atoms with Gasteiger partial charge in [0.25, 0.3) is 0 Å². The molecule has 4 heteroatoms. The highest BCUT2D eigenvalue weighted by Crippen LogP contribution is 2.12. The highest BCUT2D eigenvalue weighted by Gasteiger charge is 1.97. The summed E-state index contributed by atoms with van der Waals surface area (Å²) in [6, 6.07) is 8.18. The number of hydrogen-bond donors (Lipinski definition) is 1. The minimum atomic E-state index is 0.841. The third-order valence-corrected chi connectivity index (χ3v) is 3.15. The van der Waals surface area contributed by atoms with Crippen molar-refractivity contribution in [3.8, 4) is 5.75 Å². The van der Waals surface area contributed by atoms with Crippen molar-refractivity contribution in [2.75, 3.05) is 13.7 Å². The normalized spacial score (nSPS) is 10.4. The van der Waals surface area contributed by atoms with E-state index >= 15 is 0 Å². The molecule has 1 heterocycles. The lowest BCUT2D eigenvalue weighted by Gasteiger charge is -2.05. The molecule has 1 aromatic heterocycles. The van der Waals surface area contributed by atoms with Gasteiger partial charge in [0, 0.05) is 11.9 Å². The average Bonchev–Trinajstić information content (AvgIpc) is 2.88. The molecule has 1 N–H and O–H groups in total. The van der Waals surface area contributed by atoms with E-state index in [4.69, 9.17) is 4.74 Å². The summed E-state index contributed by atoms with van der Waals surface area (Å²) in [5.74, 6) is 0.919. The molecule has 0 aliphatic carbocycles. The number of nitrogens with one attached hydrogen (secondary N) is 1. The second-order valence-electron chi connectivity index (χ2n) is 3.76. The monoisotopic (exact) mass is 248 g/mol. The maximum atomic E-state index is 5.19. The second kappa shape index (κ2) is 6.37. The van der Waals surface area contributed by atoms with Gasteiger partial charge in [0.15, 0.2) is 0 Å². The molecule has 0 fully saturated rings. The molecule has 0 saturated heterocycles. The Balaban J connectivity index is 1.74. The average molecular weight is 248 g/mol. The summed E-state index contributed by atoms with van der Waals surface area (Å²) >= 11 is 1.63. The molecule has 0 amide bonds. The molecule has 3 nitrogen and oxygen atoms in total. The van der Waals surface area contributed by atoms with Gasteiger partial charge in [-0.25, -0.2) is 4.98 Å². The van der Waals surface area contributed by atoms with Crippen molar-refractivity contribution in [2.45, 2.75) is 13.0 Å². The highest BCUT2D eigenvalue weighted by atomic mass is 32.1. The summed E-state index contributed by atoms with van der Waals surface area (Å²) in [6.45, 7) is 1.79. The molecule has 0 radical (unpaired) electrons. The number of nitrogens with zero attached hydrogens (tertiary/aromatic N) is 1. The van der Waals surface area contributed by atoms with Crippen molar-refractivity contribution >= 4 is 11.3 Å². The Hall–Kier alpha value is -1.39. The van der Waals surface area contributed by atoms with Gasteiger partial charge in [-0.15, -0.1) is 11.3 Å². The second-order valence-corrected chi connectivity index (χ2v) is 4.48. The number of ether oxygens (including phenoxy) is 1. The Morgan fingerprint density at radius 2 is 2.35 bits per heavy atom. The lowest BCUT2D eigenvalue weighted by atomic mass is 10.1. The van der Waals surface area contributed by atoms with Gasteiger partial charge in [-0.3, -0.25) is 0 Å². The van der Waals surface area contributed by atoms with E-state index < -0.39 is 0 Å². The van der Waals surface area contributed by atoms with Gasteiger partial charge in [-0.05, 0) is 30.7 Å². The maximum absolute atomic E-state index is 5.19. The van der Waals surface area contributed by atoms with Crippen LogP contribution in [0.25, 0.3) is 0 Å². The number of thiazole rings is 1. The quantitative estimate of drug-likeness (QED) is 0.797. The number of rotatable bonds is 6. The molecule has 0 saturated carbocycles. The molecule has 2 aromatic rings. The maximum Gasteiger partial charge on any atom is 0.119 e. The van der Waals surface area contributed by atoms with Gasteiger partial charge < -0.3 is 10.1 Å². The highest BCUT2D eigenvalue weighted by molar-refractivity contribution is 7.07. The number of benzene rings is 1. The first-order valence-corrected chi connectivity index (χ1v) is 6.53. The van der Waals surface area contributed by atoms with Crippen molar-refractivity contribution in [3.05, 3.63) is 46.4 Å². The predicted octanol–water partition coefficient (Wildman–Crippen LogP) is 2.48. The summed E-state index contributed by atoms with van der Waals surface area (Å²) in [7, 11) is 1.69. The standard InChI is InChI=1S/C13H16N2OS/c1-16-13-4-2-3-11(7-13)5-6-14-8-12-9-17-10-15-12/h2-4,7,9-10,14H,5-6,8H2,1H3. The molecule has 90 valence electrons. The van der Waals surface area contributed by atoms with Crippen LogP contribution in [0.5, 0.6) is 5.75 Å². The van der Waals surface area contributed by atoms with E-state index in [1.54, 1.807) is 18.4 Å². The fourth-order valence-corrected chi connectivity index (χ4v) is 2.16. The summed E-state index contributed by atoms with van der Waals surface area (Å²) in [5, 5.41) is 5.45. The smallest absolute Gasteiger partial charge is 0.119 e. The zero-order valence-electron chi connectivity index (χ0n) is 9.85. The first-order chi connectivity index (χ1) is 8.38. The van der Waals surface area contributed by atoms with E-state index in [1.165, 1.54) is 5.56 Å². The minimum Gasteiger partial charge on any atom is -0.497 e. The summed E-state index contributed by atoms with van der Waals surface area (Å²) < 4.78 is 5.19. The molecular weight excluding hydrogens is 232 g/mol. The minimum absolute atomic E-state index is 0.841. The zero-order valence-corrected chi connectivity index (χ0v) is 10.7. The molecular formula is C13H16N2OS. The molecule has 0 spiro atoms. The van der Waals surface area contributed by atoms with Gasteiger partial charge in [-0.2, -0.15) is 0 Å². The van der Waals surface area contributed by atoms with Crippen LogP contribution >= 0.6 is 11.3 Å². The first-order valence-electron chi connectivity index (χ1n) is 5.59. The van der Waals surface area contributed by atoms with Gasteiger partial charge in [-0.1, -0.05) is 12.1 Å². The zero-order chi connectivity index (χ0) is 11.9. The van der Waals surface area contributed by atoms with Crippen LogP contribution in [0.2, 0.25) is 0 Å². The summed E-state index contributed by atoms with van der Waals surface area (Å²) in [4.78, 5) is 4.22. The molecule has 0 aliphatic heterocycles. The van der Waals surface area contributed by atoms with Crippen LogP contribution in [0.4, 0.5) is 0 Å². The van der Waals surface area contributed by atoms with Crippen molar-refractivity contribution in [1.82, 2.24) is 10.3 Å². The fourth-order valence-electron chi connectivity index (χ4n) is 1.60. The lowest BCUT2D eigenvalue weighted by molar-refractivity contribution is 0.414. The van der Waals surface area contributed by atoms with Crippen LogP contribution in [-0.4, -0.2) is 18.6 Å². The van der Waals surface area contributed by atoms with Crippen LogP contribution in [0.1, 0.15) is 11.3 Å². The van der Waals surface area contributed by atoms with Crippen LogP contribution in [0.3, 0.4) is 0 Å². The Morgan fingerprint density at radius 3 is 3.12 bits per heavy atom. The van der Waals surface area contributed by atoms with Crippen LogP contribution in [-0.2, 0) is 13.0 Å². The third-order valence-electron chi connectivity index (χ3n) is 2.51. The first kappa shape index (κ1) is 12.1. The molecule has 0 bridgehead atoms. The number of aromatic nitrogens is 1. The van der Waals surface area contributed by atoms with E-state index in [1.807, 2.05) is 17.6 Å². The van der Waals surface area contributed by atoms with Crippen molar-refractivity contribution in [2.24, 2.45) is 0 Å². The van der Waals surface area contributed by atoms with Crippen molar-refractivity contribution < 1.29 is 4.74 Å². The Labute approximate surface area is 105 Å². The van der Waals surface area contributed by atoms with E-state index in [0.717, 1.165) is 31.0 Å².